The largest absolute Gasteiger partial charge is 0.465 e. The summed E-state index contributed by atoms with van der Waals surface area (Å²) in [5, 5.41) is 0. The molecule has 0 bridgehead atoms. The summed E-state index contributed by atoms with van der Waals surface area (Å²) >= 11 is 0. The maximum Gasteiger partial charge on any atom is 0.390 e. The van der Waals surface area contributed by atoms with Crippen LogP contribution >= 0.6 is 0 Å². The van der Waals surface area contributed by atoms with Crippen LogP contribution in [0.15, 0.2) is 0 Å². The second-order valence-electron chi connectivity index (χ2n) is 3.45. The van der Waals surface area contributed by atoms with Crippen LogP contribution in [0.5, 0.6) is 0 Å². The van der Waals surface area contributed by atoms with E-state index in [1.807, 2.05) is 6.92 Å². The van der Waals surface area contributed by atoms with E-state index in [0.717, 1.165) is 0 Å². The fraction of sp³-hybridized carbons (Fsp3) is 0.900. The lowest BCUT2D eigenvalue weighted by molar-refractivity contribution is -0.149. The molecule has 3 nitrogen and oxygen atoms in total. The Morgan fingerprint density at radius 1 is 1.25 bits per heavy atom. The number of carbonyl (C=O) groups is 1. The van der Waals surface area contributed by atoms with Crippen molar-refractivity contribution in [2.24, 2.45) is 0 Å². The van der Waals surface area contributed by atoms with Gasteiger partial charge in [0.1, 0.15) is 0 Å². The molecule has 0 unspecified atom stereocenters. The zero-order valence-electron chi connectivity index (χ0n) is 9.64. The summed E-state index contributed by atoms with van der Waals surface area (Å²) in [6.07, 6.45) is -4.37. The Hall–Kier alpha value is -0.780. The van der Waals surface area contributed by atoms with Crippen LogP contribution in [0.1, 0.15) is 26.7 Å². The van der Waals surface area contributed by atoms with Crippen molar-refractivity contribution in [3.63, 3.8) is 0 Å². The van der Waals surface area contributed by atoms with Crippen LogP contribution in [-0.2, 0) is 9.53 Å². The first-order valence-corrected chi connectivity index (χ1v) is 5.33. The zero-order valence-corrected chi connectivity index (χ0v) is 9.64. The lowest BCUT2D eigenvalue weighted by Crippen LogP contribution is -2.34. The van der Waals surface area contributed by atoms with Crippen LogP contribution in [0.4, 0.5) is 13.2 Å². The van der Waals surface area contributed by atoms with Gasteiger partial charge in [-0.2, -0.15) is 13.2 Å². The van der Waals surface area contributed by atoms with Crippen molar-refractivity contribution >= 4 is 5.97 Å². The molecular formula is C10H18F3NO2. The highest BCUT2D eigenvalue weighted by Gasteiger charge is 2.28. The molecule has 16 heavy (non-hydrogen) atoms. The molecule has 0 aromatic rings. The van der Waals surface area contributed by atoms with E-state index >= 15 is 0 Å². The number of halogens is 3. The minimum absolute atomic E-state index is 0.0717. The Balaban J connectivity index is 4.01. The predicted molar refractivity (Wildman–Crippen MR) is 54.0 cm³/mol. The SMILES string of the molecule is CCCN(CCC(F)(F)F)CC(=O)OCC. The van der Waals surface area contributed by atoms with Crippen LogP contribution in [-0.4, -0.2) is 43.3 Å². The van der Waals surface area contributed by atoms with Gasteiger partial charge in [0.2, 0.25) is 0 Å². The number of hydrogen-bond acceptors (Lipinski definition) is 3. The average Bonchev–Trinajstić information content (AvgIpc) is 2.14. The monoisotopic (exact) mass is 241 g/mol. The van der Waals surface area contributed by atoms with Crippen molar-refractivity contribution in [1.82, 2.24) is 4.90 Å². The van der Waals surface area contributed by atoms with Gasteiger partial charge in [0.05, 0.1) is 19.6 Å². The molecule has 0 atom stereocenters. The second kappa shape index (κ2) is 7.49. The topological polar surface area (TPSA) is 29.5 Å². The molecule has 0 aromatic carbocycles. The van der Waals surface area contributed by atoms with Gasteiger partial charge in [-0.05, 0) is 19.9 Å². The highest BCUT2D eigenvalue weighted by Crippen LogP contribution is 2.19. The molecule has 0 heterocycles. The molecule has 0 aliphatic heterocycles. The molecule has 0 N–H and O–H groups in total. The zero-order chi connectivity index (χ0) is 12.6. The number of rotatable bonds is 7. The Morgan fingerprint density at radius 3 is 2.31 bits per heavy atom. The summed E-state index contributed by atoms with van der Waals surface area (Å²) in [5.41, 5.74) is 0. The second-order valence-corrected chi connectivity index (χ2v) is 3.45. The summed E-state index contributed by atoms with van der Waals surface area (Å²) in [5.74, 6) is -0.474. The van der Waals surface area contributed by atoms with E-state index in [1.165, 1.54) is 4.90 Å². The van der Waals surface area contributed by atoms with E-state index in [1.54, 1.807) is 6.92 Å². The van der Waals surface area contributed by atoms with Crippen molar-refractivity contribution < 1.29 is 22.7 Å². The fourth-order valence-corrected chi connectivity index (χ4v) is 1.26. The van der Waals surface area contributed by atoms with Gasteiger partial charge in [-0.25, -0.2) is 0 Å². The number of hydrogen-bond donors (Lipinski definition) is 0. The van der Waals surface area contributed by atoms with Crippen molar-refractivity contribution in [2.45, 2.75) is 32.9 Å². The number of nitrogens with zero attached hydrogens (tertiary/aromatic N) is 1. The minimum atomic E-state index is -4.18. The molecular weight excluding hydrogens is 223 g/mol. The highest BCUT2D eigenvalue weighted by atomic mass is 19.4. The summed E-state index contributed by atoms with van der Waals surface area (Å²) < 4.78 is 40.7. The summed E-state index contributed by atoms with van der Waals surface area (Å²) in [4.78, 5) is 12.6. The molecule has 0 amide bonds. The normalized spacial score (nSPS) is 11.9. The van der Waals surface area contributed by atoms with Crippen LogP contribution < -0.4 is 0 Å². The van der Waals surface area contributed by atoms with E-state index in [0.29, 0.717) is 13.0 Å². The Bertz CT molecular complexity index is 207. The molecule has 0 rings (SSSR count). The molecule has 0 aliphatic rings. The number of esters is 1. The molecule has 96 valence electrons. The molecule has 6 heteroatoms. The number of alkyl halides is 3. The van der Waals surface area contributed by atoms with Gasteiger partial charge in [-0.1, -0.05) is 6.92 Å². The predicted octanol–water partition coefficient (Wildman–Crippen LogP) is 2.21. The third-order valence-electron chi connectivity index (χ3n) is 1.91. The van der Waals surface area contributed by atoms with E-state index in [9.17, 15) is 18.0 Å². The van der Waals surface area contributed by atoms with E-state index < -0.39 is 18.6 Å². The molecule has 0 fully saturated rings. The van der Waals surface area contributed by atoms with Gasteiger partial charge in [-0.3, -0.25) is 9.69 Å². The average molecular weight is 241 g/mol. The summed E-state index contributed by atoms with van der Waals surface area (Å²) in [6.45, 7) is 4.00. The quantitative estimate of drug-likeness (QED) is 0.640. The van der Waals surface area contributed by atoms with Gasteiger partial charge >= 0.3 is 12.1 Å². The van der Waals surface area contributed by atoms with Gasteiger partial charge in [0.25, 0.3) is 0 Å². The maximum atomic E-state index is 12.0. The molecule has 0 saturated carbocycles. The highest BCUT2D eigenvalue weighted by molar-refractivity contribution is 5.71. The van der Waals surface area contributed by atoms with Crippen molar-refractivity contribution in [3.8, 4) is 0 Å². The molecule has 0 spiro atoms. The summed E-state index contributed by atoms with van der Waals surface area (Å²) in [6, 6.07) is 0. The van der Waals surface area contributed by atoms with Crippen molar-refractivity contribution in [2.75, 3.05) is 26.2 Å². The minimum Gasteiger partial charge on any atom is -0.465 e. The Labute approximate surface area is 93.6 Å². The lowest BCUT2D eigenvalue weighted by Gasteiger charge is -2.21. The summed E-state index contributed by atoms with van der Waals surface area (Å²) in [7, 11) is 0. The van der Waals surface area contributed by atoms with Crippen LogP contribution in [0, 0.1) is 0 Å². The Morgan fingerprint density at radius 2 is 1.88 bits per heavy atom. The first-order chi connectivity index (χ1) is 7.39. The van der Waals surface area contributed by atoms with Crippen LogP contribution in [0.25, 0.3) is 0 Å². The standard InChI is InChI=1S/C10H18F3NO2/c1-3-6-14(7-5-10(11,12)13)8-9(15)16-4-2/h3-8H2,1-2H3. The van der Waals surface area contributed by atoms with Gasteiger partial charge in [0, 0.05) is 6.54 Å². The number of carbonyl (C=O) groups excluding carboxylic acids is 1. The molecule has 0 saturated heterocycles. The molecule has 0 aromatic heterocycles. The molecule has 0 aliphatic carbocycles. The number of ether oxygens (including phenoxy) is 1. The van der Waals surface area contributed by atoms with E-state index in [4.69, 9.17) is 0 Å². The first-order valence-electron chi connectivity index (χ1n) is 5.33. The lowest BCUT2D eigenvalue weighted by atomic mass is 10.3. The first kappa shape index (κ1) is 15.2. The van der Waals surface area contributed by atoms with E-state index in [-0.39, 0.29) is 19.7 Å². The van der Waals surface area contributed by atoms with Crippen molar-refractivity contribution in [1.29, 1.82) is 0 Å². The van der Waals surface area contributed by atoms with Gasteiger partial charge < -0.3 is 4.74 Å². The smallest absolute Gasteiger partial charge is 0.390 e. The van der Waals surface area contributed by atoms with Crippen LogP contribution in [0.3, 0.4) is 0 Å². The third kappa shape index (κ3) is 8.52. The van der Waals surface area contributed by atoms with Gasteiger partial charge in [-0.15, -0.1) is 0 Å². The van der Waals surface area contributed by atoms with Gasteiger partial charge in [0.15, 0.2) is 0 Å². The third-order valence-corrected chi connectivity index (χ3v) is 1.91. The fourth-order valence-electron chi connectivity index (χ4n) is 1.26. The molecule has 0 radical (unpaired) electrons. The Kier molecular flexibility index (Phi) is 7.12. The van der Waals surface area contributed by atoms with Crippen molar-refractivity contribution in [3.05, 3.63) is 0 Å². The maximum absolute atomic E-state index is 12.0. The van der Waals surface area contributed by atoms with E-state index in [2.05, 4.69) is 4.74 Å². The van der Waals surface area contributed by atoms with Crippen LogP contribution in [0.2, 0.25) is 0 Å².